The third kappa shape index (κ3) is 2.87. The Morgan fingerprint density at radius 2 is 2.15 bits per heavy atom. The Balaban J connectivity index is 1.85. The topological polar surface area (TPSA) is 49.8 Å². The Morgan fingerprint density at radius 3 is 2.85 bits per heavy atom. The maximum absolute atomic E-state index is 4.66. The summed E-state index contributed by atoms with van der Waals surface area (Å²) in [6.45, 7) is 6.23. The molecule has 1 aliphatic rings. The molecule has 2 aromatic heterocycles. The van der Waals surface area contributed by atoms with Gasteiger partial charge >= 0.3 is 0 Å². The van der Waals surface area contributed by atoms with Gasteiger partial charge in [0.15, 0.2) is 0 Å². The molecule has 0 unspecified atom stereocenters. The van der Waals surface area contributed by atoms with Crippen molar-refractivity contribution in [1.82, 2.24) is 9.97 Å². The van der Waals surface area contributed by atoms with Gasteiger partial charge in [0, 0.05) is 18.0 Å². The van der Waals surface area contributed by atoms with E-state index in [9.17, 15) is 0 Å². The first-order valence-corrected chi connectivity index (χ1v) is 8.34. The number of nitrogens with zero attached hydrogens (tertiary/aromatic N) is 2. The van der Waals surface area contributed by atoms with E-state index in [0.29, 0.717) is 0 Å². The third-order valence-electron chi connectivity index (χ3n) is 3.83. The zero-order valence-electron chi connectivity index (χ0n) is 12.2. The van der Waals surface area contributed by atoms with Crippen LogP contribution in [0.1, 0.15) is 37.5 Å². The highest BCUT2D eigenvalue weighted by Crippen LogP contribution is 2.31. The zero-order chi connectivity index (χ0) is 13.9. The molecule has 4 nitrogen and oxygen atoms in total. The summed E-state index contributed by atoms with van der Waals surface area (Å²) in [7, 11) is 0. The molecule has 3 rings (SSSR count). The fourth-order valence-electron chi connectivity index (χ4n) is 2.43. The molecule has 0 saturated heterocycles. The van der Waals surface area contributed by atoms with Crippen LogP contribution in [0.15, 0.2) is 6.07 Å². The highest BCUT2D eigenvalue weighted by atomic mass is 32.1. The Bertz CT molecular complexity index is 589. The summed E-state index contributed by atoms with van der Waals surface area (Å²) in [6.07, 6.45) is 5.16. The van der Waals surface area contributed by atoms with Crippen LogP contribution >= 0.6 is 11.3 Å². The minimum atomic E-state index is 0.748. The first-order chi connectivity index (χ1) is 9.76. The van der Waals surface area contributed by atoms with Gasteiger partial charge < -0.3 is 10.6 Å². The maximum Gasteiger partial charge on any atom is 0.226 e. The number of thiophene rings is 1. The molecule has 0 bridgehead atoms. The predicted molar refractivity (Wildman–Crippen MR) is 86.8 cm³/mol. The van der Waals surface area contributed by atoms with Crippen LogP contribution in [0.25, 0.3) is 10.2 Å². The number of hydrogen-bond acceptors (Lipinski definition) is 5. The van der Waals surface area contributed by atoms with Crippen molar-refractivity contribution in [2.24, 2.45) is 5.92 Å². The molecule has 5 heteroatoms. The van der Waals surface area contributed by atoms with Crippen molar-refractivity contribution in [2.75, 3.05) is 23.7 Å². The van der Waals surface area contributed by atoms with Gasteiger partial charge in [-0.15, -0.1) is 11.3 Å². The van der Waals surface area contributed by atoms with E-state index in [2.05, 4.69) is 40.5 Å². The molecule has 0 radical (unpaired) electrons. The quantitative estimate of drug-likeness (QED) is 0.843. The van der Waals surface area contributed by atoms with Crippen molar-refractivity contribution in [3.8, 4) is 0 Å². The first kappa shape index (κ1) is 13.6. The molecular formula is C15H22N4S. The zero-order valence-corrected chi connectivity index (χ0v) is 13.0. The van der Waals surface area contributed by atoms with Gasteiger partial charge in [0.1, 0.15) is 10.6 Å². The van der Waals surface area contributed by atoms with Crippen molar-refractivity contribution in [3.63, 3.8) is 0 Å². The standard InChI is InChI=1S/C15H22N4S/c1-3-7-16-15-18-13(17-9-11-5-4-6-11)12-8-10(2)20-14(12)19-15/h8,11H,3-7,9H2,1-2H3,(H2,16,17,18,19). The lowest BCUT2D eigenvalue weighted by atomic mass is 9.85. The summed E-state index contributed by atoms with van der Waals surface area (Å²) in [5.74, 6) is 2.56. The summed E-state index contributed by atoms with van der Waals surface area (Å²) < 4.78 is 0. The van der Waals surface area contributed by atoms with Gasteiger partial charge in [-0.2, -0.15) is 4.98 Å². The van der Waals surface area contributed by atoms with E-state index in [4.69, 9.17) is 0 Å². The van der Waals surface area contributed by atoms with E-state index in [1.165, 1.54) is 24.1 Å². The SMILES string of the molecule is CCCNc1nc(NCC2CCC2)c2cc(C)sc2n1. The minimum Gasteiger partial charge on any atom is -0.369 e. The molecular weight excluding hydrogens is 268 g/mol. The Kier molecular flexibility index (Phi) is 4.05. The smallest absolute Gasteiger partial charge is 0.226 e. The van der Waals surface area contributed by atoms with Gasteiger partial charge in [0.2, 0.25) is 5.95 Å². The fraction of sp³-hybridized carbons (Fsp3) is 0.600. The van der Waals surface area contributed by atoms with E-state index < -0.39 is 0 Å². The first-order valence-electron chi connectivity index (χ1n) is 7.52. The number of fused-ring (bicyclic) bond motifs is 1. The van der Waals surface area contributed by atoms with Crippen molar-refractivity contribution >= 4 is 33.3 Å². The molecule has 1 saturated carbocycles. The maximum atomic E-state index is 4.66. The molecule has 1 aliphatic carbocycles. The molecule has 108 valence electrons. The van der Waals surface area contributed by atoms with E-state index in [1.54, 1.807) is 11.3 Å². The molecule has 0 atom stereocenters. The molecule has 2 N–H and O–H groups in total. The van der Waals surface area contributed by atoms with E-state index in [-0.39, 0.29) is 0 Å². The van der Waals surface area contributed by atoms with Gasteiger partial charge in [0.25, 0.3) is 0 Å². The van der Waals surface area contributed by atoms with Crippen LogP contribution in [0.4, 0.5) is 11.8 Å². The summed E-state index contributed by atoms with van der Waals surface area (Å²) in [5.41, 5.74) is 0. The van der Waals surface area contributed by atoms with Crippen LogP contribution in [0.5, 0.6) is 0 Å². The normalized spacial score (nSPS) is 15.3. The van der Waals surface area contributed by atoms with Crippen LogP contribution in [0.2, 0.25) is 0 Å². The van der Waals surface area contributed by atoms with Gasteiger partial charge in [-0.3, -0.25) is 0 Å². The van der Waals surface area contributed by atoms with Crippen molar-refractivity contribution in [3.05, 3.63) is 10.9 Å². The van der Waals surface area contributed by atoms with Crippen LogP contribution < -0.4 is 10.6 Å². The molecule has 2 aromatic rings. The average molecular weight is 290 g/mol. The summed E-state index contributed by atoms with van der Waals surface area (Å²) in [5, 5.41) is 7.99. The monoisotopic (exact) mass is 290 g/mol. The number of rotatable bonds is 6. The van der Waals surface area contributed by atoms with Crippen molar-refractivity contribution in [2.45, 2.75) is 39.5 Å². The van der Waals surface area contributed by atoms with Crippen LogP contribution in [0, 0.1) is 12.8 Å². The second-order valence-corrected chi connectivity index (χ2v) is 6.81. The number of hydrogen-bond donors (Lipinski definition) is 2. The van der Waals surface area contributed by atoms with Crippen LogP contribution in [-0.4, -0.2) is 23.1 Å². The van der Waals surface area contributed by atoms with Crippen molar-refractivity contribution < 1.29 is 0 Å². The fourth-order valence-corrected chi connectivity index (χ4v) is 3.31. The minimum absolute atomic E-state index is 0.748. The summed E-state index contributed by atoms with van der Waals surface area (Å²) in [4.78, 5) is 11.6. The average Bonchev–Trinajstić information content (AvgIpc) is 2.74. The Morgan fingerprint density at radius 1 is 1.30 bits per heavy atom. The summed E-state index contributed by atoms with van der Waals surface area (Å²) in [6, 6.07) is 2.19. The molecule has 0 aliphatic heterocycles. The van der Waals surface area contributed by atoms with E-state index >= 15 is 0 Å². The Labute approximate surface area is 124 Å². The second kappa shape index (κ2) is 5.95. The van der Waals surface area contributed by atoms with Gasteiger partial charge in [-0.25, -0.2) is 4.98 Å². The molecule has 0 amide bonds. The number of nitrogens with one attached hydrogen (secondary N) is 2. The number of anilines is 2. The Hall–Kier alpha value is -1.36. The highest BCUT2D eigenvalue weighted by Gasteiger charge is 2.18. The molecule has 1 fully saturated rings. The van der Waals surface area contributed by atoms with Crippen LogP contribution in [-0.2, 0) is 0 Å². The third-order valence-corrected chi connectivity index (χ3v) is 4.78. The van der Waals surface area contributed by atoms with Crippen LogP contribution in [0.3, 0.4) is 0 Å². The molecule has 0 aromatic carbocycles. The summed E-state index contributed by atoms with van der Waals surface area (Å²) >= 11 is 1.74. The lowest BCUT2D eigenvalue weighted by Gasteiger charge is -2.25. The van der Waals surface area contributed by atoms with Gasteiger partial charge in [-0.05, 0) is 38.2 Å². The predicted octanol–water partition coefficient (Wildman–Crippen LogP) is 4.03. The van der Waals surface area contributed by atoms with Crippen molar-refractivity contribution in [1.29, 1.82) is 0 Å². The molecule has 20 heavy (non-hydrogen) atoms. The number of aromatic nitrogens is 2. The molecule has 0 spiro atoms. The van der Waals surface area contributed by atoms with Gasteiger partial charge in [-0.1, -0.05) is 13.3 Å². The molecule has 2 heterocycles. The number of aryl methyl sites for hydroxylation is 1. The van der Waals surface area contributed by atoms with E-state index in [0.717, 1.165) is 47.4 Å². The lowest BCUT2D eigenvalue weighted by Crippen LogP contribution is -2.21. The van der Waals surface area contributed by atoms with E-state index in [1.807, 2.05) is 0 Å². The second-order valence-electron chi connectivity index (χ2n) is 5.58. The lowest BCUT2D eigenvalue weighted by molar-refractivity contribution is 0.333. The van der Waals surface area contributed by atoms with Gasteiger partial charge in [0.05, 0.1) is 5.39 Å². The highest BCUT2D eigenvalue weighted by molar-refractivity contribution is 7.18. The largest absolute Gasteiger partial charge is 0.369 e.